The lowest BCUT2D eigenvalue weighted by Crippen LogP contribution is -2.06. The van der Waals surface area contributed by atoms with E-state index in [1.165, 1.54) is 28.0 Å². The van der Waals surface area contributed by atoms with Gasteiger partial charge >= 0.3 is 0 Å². The summed E-state index contributed by atoms with van der Waals surface area (Å²) in [5.74, 6) is 0. The molecule has 4 rings (SSSR count). The van der Waals surface area contributed by atoms with E-state index in [1.807, 2.05) is 6.07 Å². The maximum absolute atomic E-state index is 4.82. The number of allylic oxidation sites excluding steroid dienone is 3. The van der Waals surface area contributed by atoms with Crippen LogP contribution >= 0.6 is 0 Å². The van der Waals surface area contributed by atoms with Crippen LogP contribution in [0.15, 0.2) is 66.4 Å². The van der Waals surface area contributed by atoms with Gasteiger partial charge in [0.2, 0.25) is 0 Å². The van der Waals surface area contributed by atoms with Crippen molar-refractivity contribution in [3.63, 3.8) is 0 Å². The van der Waals surface area contributed by atoms with Crippen molar-refractivity contribution in [2.24, 2.45) is 0 Å². The van der Waals surface area contributed by atoms with Crippen LogP contribution in [-0.2, 0) is 6.42 Å². The number of nitrogens with zero attached hydrogens (tertiary/aromatic N) is 1. The van der Waals surface area contributed by atoms with Crippen molar-refractivity contribution in [2.45, 2.75) is 12.8 Å². The summed E-state index contributed by atoms with van der Waals surface area (Å²) < 4.78 is 0. The average molecular weight is 244 g/mol. The van der Waals surface area contributed by atoms with Crippen LogP contribution in [0.3, 0.4) is 0 Å². The Morgan fingerprint density at radius 1 is 0.789 bits per heavy atom. The maximum atomic E-state index is 4.82. The van der Waals surface area contributed by atoms with E-state index in [0.717, 1.165) is 18.5 Å². The summed E-state index contributed by atoms with van der Waals surface area (Å²) in [6.45, 7) is 0. The van der Waals surface area contributed by atoms with Crippen molar-refractivity contribution >= 4 is 11.3 Å². The van der Waals surface area contributed by atoms with Gasteiger partial charge in [-0.1, -0.05) is 54.6 Å². The van der Waals surface area contributed by atoms with Crippen molar-refractivity contribution in [3.8, 4) is 0 Å². The van der Waals surface area contributed by atoms with Gasteiger partial charge in [0, 0.05) is 16.8 Å². The lowest BCUT2D eigenvalue weighted by atomic mass is 9.89. The van der Waals surface area contributed by atoms with E-state index in [2.05, 4.69) is 54.6 Å². The predicted octanol–water partition coefficient (Wildman–Crippen LogP) is 4.00. The van der Waals surface area contributed by atoms with Crippen LogP contribution in [0.2, 0.25) is 0 Å². The Morgan fingerprint density at radius 3 is 2.47 bits per heavy atom. The molecular formula is C18H14N. The Hall–Kier alpha value is -2.28. The minimum atomic E-state index is 1.05. The van der Waals surface area contributed by atoms with Gasteiger partial charge in [-0.3, -0.25) is 5.32 Å². The highest BCUT2D eigenvalue weighted by Gasteiger charge is 2.24. The lowest BCUT2D eigenvalue weighted by molar-refractivity contribution is 0.860. The van der Waals surface area contributed by atoms with E-state index in [1.54, 1.807) is 0 Å². The van der Waals surface area contributed by atoms with Gasteiger partial charge in [-0.05, 0) is 30.0 Å². The summed E-state index contributed by atoms with van der Waals surface area (Å²) in [6.07, 6.45) is 4.40. The zero-order valence-electron chi connectivity index (χ0n) is 10.6. The molecule has 91 valence electrons. The van der Waals surface area contributed by atoms with Crippen LogP contribution in [0.1, 0.15) is 23.1 Å². The minimum Gasteiger partial charge on any atom is -0.252 e. The van der Waals surface area contributed by atoms with Crippen LogP contribution in [0, 0.1) is 0 Å². The molecule has 1 aliphatic heterocycles. The fourth-order valence-electron chi connectivity index (χ4n) is 2.89. The number of hydrogen-bond acceptors (Lipinski definition) is 0. The van der Waals surface area contributed by atoms with E-state index in [4.69, 9.17) is 5.32 Å². The Kier molecular flexibility index (Phi) is 2.31. The Balaban J connectivity index is 1.78. The summed E-state index contributed by atoms with van der Waals surface area (Å²) in [6, 6.07) is 19.1. The van der Waals surface area contributed by atoms with Crippen molar-refractivity contribution < 1.29 is 0 Å². The third-order valence-corrected chi connectivity index (χ3v) is 3.86. The van der Waals surface area contributed by atoms with Gasteiger partial charge in [0.25, 0.3) is 0 Å². The second-order valence-electron chi connectivity index (χ2n) is 5.02. The molecule has 2 aromatic carbocycles. The minimum absolute atomic E-state index is 1.05. The normalized spacial score (nSPS) is 16.5. The Bertz CT molecular complexity index is 693. The molecule has 0 unspecified atom stereocenters. The summed E-state index contributed by atoms with van der Waals surface area (Å²) in [5.41, 5.74) is 7.68. The monoisotopic (exact) mass is 244 g/mol. The smallest absolute Gasteiger partial charge is 0.0712 e. The predicted molar refractivity (Wildman–Crippen MR) is 78.2 cm³/mol. The van der Waals surface area contributed by atoms with Gasteiger partial charge in [-0.2, -0.15) is 0 Å². The van der Waals surface area contributed by atoms with Crippen LogP contribution < -0.4 is 5.32 Å². The molecule has 0 N–H and O–H groups in total. The molecule has 2 aliphatic rings. The highest BCUT2D eigenvalue weighted by molar-refractivity contribution is 5.91. The van der Waals surface area contributed by atoms with Gasteiger partial charge in [0.05, 0.1) is 5.70 Å². The number of rotatable bonds is 1. The van der Waals surface area contributed by atoms with E-state index in [9.17, 15) is 0 Å². The van der Waals surface area contributed by atoms with Crippen LogP contribution in [-0.4, -0.2) is 0 Å². The number of aryl methyl sites for hydroxylation is 1. The standard InChI is InChI=1S/C18H14N/c1-2-7-14(8-3-1)18-12-16-15-9-5-4-6-13(15)10-11-17(16)19-18/h1-9,12H,10-11H2. The average Bonchev–Trinajstić information content (AvgIpc) is 2.93. The summed E-state index contributed by atoms with van der Waals surface area (Å²) in [5, 5.41) is 4.82. The first kappa shape index (κ1) is 10.6. The molecule has 0 amide bonds. The Labute approximate surface area is 113 Å². The fraction of sp³-hybridized carbons (Fsp3) is 0.111. The number of hydrogen-bond donors (Lipinski definition) is 0. The fourth-order valence-corrected chi connectivity index (χ4v) is 2.89. The van der Waals surface area contributed by atoms with Gasteiger partial charge in [0.15, 0.2) is 0 Å². The van der Waals surface area contributed by atoms with E-state index in [0.29, 0.717) is 0 Å². The second kappa shape index (κ2) is 4.13. The van der Waals surface area contributed by atoms with Crippen molar-refractivity contribution in [1.82, 2.24) is 5.32 Å². The zero-order valence-corrected chi connectivity index (χ0v) is 10.6. The molecule has 0 fully saturated rings. The van der Waals surface area contributed by atoms with Gasteiger partial charge in [-0.25, -0.2) is 0 Å². The number of fused-ring (bicyclic) bond motifs is 2. The first-order chi connectivity index (χ1) is 9.42. The molecule has 0 spiro atoms. The molecule has 1 heteroatoms. The molecule has 1 nitrogen and oxygen atoms in total. The molecule has 2 aromatic rings. The molecular weight excluding hydrogens is 230 g/mol. The molecule has 0 saturated carbocycles. The maximum Gasteiger partial charge on any atom is 0.0712 e. The summed E-state index contributed by atoms with van der Waals surface area (Å²) in [4.78, 5) is 0. The first-order valence-corrected chi connectivity index (χ1v) is 6.72. The molecule has 0 atom stereocenters. The molecule has 19 heavy (non-hydrogen) atoms. The van der Waals surface area contributed by atoms with E-state index >= 15 is 0 Å². The molecule has 1 aliphatic carbocycles. The summed E-state index contributed by atoms with van der Waals surface area (Å²) >= 11 is 0. The van der Waals surface area contributed by atoms with Crippen molar-refractivity contribution in [3.05, 3.63) is 83.1 Å². The third-order valence-electron chi connectivity index (χ3n) is 3.86. The van der Waals surface area contributed by atoms with Crippen molar-refractivity contribution in [2.75, 3.05) is 0 Å². The highest BCUT2D eigenvalue weighted by atomic mass is 14.9. The molecule has 1 radical (unpaired) electrons. The van der Waals surface area contributed by atoms with Gasteiger partial charge < -0.3 is 0 Å². The van der Waals surface area contributed by atoms with E-state index < -0.39 is 0 Å². The van der Waals surface area contributed by atoms with E-state index in [-0.39, 0.29) is 0 Å². The SMILES string of the molecule is C1=C(c2ccccc2)[N]C2=C1c1ccccc1CC2. The topological polar surface area (TPSA) is 14.1 Å². The zero-order chi connectivity index (χ0) is 12.7. The largest absolute Gasteiger partial charge is 0.252 e. The number of benzene rings is 2. The molecule has 0 saturated heterocycles. The quantitative estimate of drug-likeness (QED) is 0.720. The molecule has 0 bridgehead atoms. The summed E-state index contributed by atoms with van der Waals surface area (Å²) in [7, 11) is 0. The first-order valence-electron chi connectivity index (χ1n) is 6.72. The van der Waals surface area contributed by atoms with Crippen LogP contribution in [0.5, 0.6) is 0 Å². The van der Waals surface area contributed by atoms with Crippen LogP contribution in [0.25, 0.3) is 11.3 Å². The van der Waals surface area contributed by atoms with Crippen molar-refractivity contribution in [1.29, 1.82) is 0 Å². The second-order valence-corrected chi connectivity index (χ2v) is 5.02. The van der Waals surface area contributed by atoms with Gasteiger partial charge in [0.1, 0.15) is 0 Å². The highest BCUT2D eigenvalue weighted by Crippen LogP contribution is 2.38. The van der Waals surface area contributed by atoms with Crippen LogP contribution in [0.4, 0.5) is 0 Å². The third kappa shape index (κ3) is 1.70. The molecule has 0 aromatic heterocycles. The molecule has 1 heterocycles. The Morgan fingerprint density at radius 2 is 1.58 bits per heavy atom. The lowest BCUT2D eigenvalue weighted by Gasteiger charge is -2.16. The van der Waals surface area contributed by atoms with Gasteiger partial charge in [-0.15, -0.1) is 0 Å².